The molecule has 0 fully saturated rings. The van der Waals surface area contributed by atoms with Crippen molar-refractivity contribution >= 4 is 28.3 Å². The highest BCUT2D eigenvalue weighted by Crippen LogP contribution is 2.26. The molecule has 0 amide bonds. The van der Waals surface area contributed by atoms with Crippen LogP contribution in [0, 0.1) is 13.8 Å². The van der Waals surface area contributed by atoms with Crippen LogP contribution in [0.15, 0.2) is 59.9 Å². The summed E-state index contributed by atoms with van der Waals surface area (Å²) in [5.74, 6) is 0.825. The first-order valence-corrected chi connectivity index (χ1v) is 8.61. The van der Waals surface area contributed by atoms with E-state index in [9.17, 15) is 0 Å². The van der Waals surface area contributed by atoms with Crippen molar-refractivity contribution in [1.82, 2.24) is 14.4 Å². The van der Waals surface area contributed by atoms with Gasteiger partial charge in [0, 0.05) is 23.5 Å². The molecule has 0 bridgehead atoms. The van der Waals surface area contributed by atoms with Crippen LogP contribution in [0.3, 0.4) is 0 Å². The zero-order chi connectivity index (χ0) is 15.8. The molecule has 0 saturated heterocycles. The number of benzene rings is 1. The van der Waals surface area contributed by atoms with Gasteiger partial charge in [0.05, 0.1) is 16.2 Å². The number of imidazole rings is 1. The zero-order valence-electron chi connectivity index (χ0n) is 13.2. The first-order valence-electron chi connectivity index (χ1n) is 7.62. The van der Waals surface area contributed by atoms with Gasteiger partial charge in [0.25, 0.3) is 0 Å². The molecule has 3 aromatic heterocycles. The predicted octanol–water partition coefficient (Wildman–Crippen LogP) is 4.79. The van der Waals surface area contributed by atoms with Crippen molar-refractivity contribution < 1.29 is 0 Å². The molecule has 4 heteroatoms. The Morgan fingerprint density at radius 2 is 1.87 bits per heavy atom. The third-order valence-corrected chi connectivity index (χ3v) is 4.86. The molecule has 114 valence electrons. The lowest BCUT2D eigenvalue weighted by molar-refractivity contribution is 1.15. The van der Waals surface area contributed by atoms with Crippen molar-refractivity contribution in [1.29, 1.82) is 0 Å². The lowest BCUT2D eigenvalue weighted by atomic mass is 10.1. The van der Waals surface area contributed by atoms with Crippen LogP contribution in [0.25, 0.3) is 16.6 Å². The van der Waals surface area contributed by atoms with Crippen LogP contribution in [0.4, 0.5) is 0 Å². The summed E-state index contributed by atoms with van der Waals surface area (Å²) in [6, 6.07) is 14.6. The Kier molecular flexibility index (Phi) is 3.54. The van der Waals surface area contributed by atoms with Crippen molar-refractivity contribution in [2.24, 2.45) is 0 Å². The molecule has 0 atom stereocenters. The van der Waals surface area contributed by atoms with Crippen molar-refractivity contribution in [2.45, 2.75) is 24.6 Å². The molecule has 1 aromatic carbocycles. The maximum Gasteiger partial charge on any atom is 0.137 e. The van der Waals surface area contributed by atoms with Crippen LogP contribution in [0.5, 0.6) is 0 Å². The van der Waals surface area contributed by atoms with Gasteiger partial charge in [-0.25, -0.2) is 9.97 Å². The van der Waals surface area contributed by atoms with Crippen LogP contribution in [0.1, 0.15) is 16.8 Å². The fourth-order valence-electron chi connectivity index (χ4n) is 2.77. The van der Waals surface area contributed by atoms with Gasteiger partial charge in [0.1, 0.15) is 5.65 Å². The molecular formula is C19H17N3S. The molecule has 3 nitrogen and oxygen atoms in total. The standard InChI is InChI=1S/C19H17N3S/c1-13-7-8-18-20-15(11-22(18)10-13)12-23-19-9-14(2)16-5-3-4-6-17(16)21-19/h3-11H,12H2,1-2H3. The highest BCUT2D eigenvalue weighted by atomic mass is 32.2. The Balaban J connectivity index is 1.60. The second-order valence-electron chi connectivity index (χ2n) is 5.79. The lowest BCUT2D eigenvalue weighted by Crippen LogP contribution is -1.88. The van der Waals surface area contributed by atoms with E-state index in [1.165, 1.54) is 16.5 Å². The van der Waals surface area contributed by atoms with Gasteiger partial charge in [0.2, 0.25) is 0 Å². The molecule has 0 aliphatic carbocycles. The van der Waals surface area contributed by atoms with E-state index in [-0.39, 0.29) is 0 Å². The lowest BCUT2D eigenvalue weighted by Gasteiger charge is -2.05. The SMILES string of the molecule is Cc1ccc2nc(CSc3cc(C)c4ccccc4n3)cn2c1. The van der Waals surface area contributed by atoms with E-state index in [1.807, 2.05) is 6.07 Å². The third kappa shape index (κ3) is 2.82. The molecule has 0 N–H and O–H groups in total. The summed E-state index contributed by atoms with van der Waals surface area (Å²) in [6.45, 7) is 4.23. The number of fused-ring (bicyclic) bond motifs is 2. The zero-order valence-corrected chi connectivity index (χ0v) is 14.0. The van der Waals surface area contributed by atoms with Crippen LogP contribution in [-0.2, 0) is 5.75 Å². The molecule has 0 unspecified atom stereocenters. The molecule has 0 spiro atoms. The van der Waals surface area contributed by atoms with Crippen LogP contribution < -0.4 is 0 Å². The number of hydrogen-bond donors (Lipinski definition) is 0. The van der Waals surface area contributed by atoms with E-state index in [4.69, 9.17) is 4.98 Å². The number of nitrogens with zero attached hydrogens (tertiary/aromatic N) is 3. The largest absolute Gasteiger partial charge is 0.307 e. The summed E-state index contributed by atoms with van der Waals surface area (Å²) in [7, 11) is 0. The minimum absolute atomic E-state index is 0.825. The molecule has 0 radical (unpaired) electrons. The molecule has 0 aliphatic heterocycles. The molecule has 4 aromatic rings. The number of rotatable bonds is 3. The molecule has 23 heavy (non-hydrogen) atoms. The van der Waals surface area contributed by atoms with Gasteiger partial charge in [-0.3, -0.25) is 0 Å². The second-order valence-corrected chi connectivity index (χ2v) is 6.78. The minimum atomic E-state index is 0.825. The fourth-order valence-corrected chi connectivity index (χ4v) is 3.62. The van der Waals surface area contributed by atoms with Crippen LogP contribution in [-0.4, -0.2) is 14.4 Å². The summed E-state index contributed by atoms with van der Waals surface area (Å²) < 4.78 is 2.09. The van der Waals surface area contributed by atoms with Crippen molar-refractivity contribution in [3.8, 4) is 0 Å². The smallest absolute Gasteiger partial charge is 0.137 e. The monoisotopic (exact) mass is 319 g/mol. The van der Waals surface area contributed by atoms with Crippen LogP contribution in [0.2, 0.25) is 0 Å². The van der Waals surface area contributed by atoms with Gasteiger partial charge in [-0.2, -0.15) is 0 Å². The Bertz CT molecular complexity index is 1000. The summed E-state index contributed by atoms with van der Waals surface area (Å²) >= 11 is 1.74. The topological polar surface area (TPSA) is 30.2 Å². The number of pyridine rings is 2. The van der Waals surface area contributed by atoms with Gasteiger partial charge < -0.3 is 4.40 Å². The summed E-state index contributed by atoms with van der Waals surface area (Å²) in [4.78, 5) is 9.42. The van der Waals surface area contributed by atoms with E-state index in [2.05, 4.69) is 72.0 Å². The minimum Gasteiger partial charge on any atom is -0.307 e. The number of hydrogen-bond acceptors (Lipinski definition) is 3. The van der Waals surface area contributed by atoms with Gasteiger partial charge in [-0.15, -0.1) is 0 Å². The highest BCUT2D eigenvalue weighted by molar-refractivity contribution is 7.98. The maximum atomic E-state index is 4.75. The molecule has 0 aliphatic rings. The van der Waals surface area contributed by atoms with E-state index in [0.717, 1.165) is 27.6 Å². The second kappa shape index (κ2) is 5.70. The van der Waals surface area contributed by atoms with E-state index < -0.39 is 0 Å². The van der Waals surface area contributed by atoms with E-state index in [1.54, 1.807) is 11.8 Å². The quantitative estimate of drug-likeness (QED) is 0.509. The Morgan fingerprint density at radius 3 is 2.78 bits per heavy atom. The van der Waals surface area contributed by atoms with Crippen molar-refractivity contribution in [3.05, 3.63) is 71.7 Å². The summed E-state index contributed by atoms with van der Waals surface area (Å²) in [6.07, 6.45) is 4.21. The molecule has 4 rings (SSSR count). The average molecular weight is 319 g/mol. The summed E-state index contributed by atoms with van der Waals surface area (Å²) in [5, 5.41) is 2.27. The summed E-state index contributed by atoms with van der Waals surface area (Å²) in [5.41, 5.74) is 5.63. The van der Waals surface area contributed by atoms with Gasteiger partial charge in [0.15, 0.2) is 0 Å². The Labute approximate surface area is 139 Å². The van der Waals surface area contributed by atoms with Crippen molar-refractivity contribution in [2.75, 3.05) is 0 Å². The van der Waals surface area contributed by atoms with Gasteiger partial charge in [-0.1, -0.05) is 36.0 Å². The fraction of sp³-hybridized carbons (Fsp3) is 0.158. The van der Waals surface area contributed by atoms with E-state index in [0.29, 0.717) is 0 Å². The maximum absolute atomic E-state index is 4.75. The van der Waals surface area contributed by atoms with Crippen molar-refractivity contribution in [3.63, 3.8) is 0 Å². The Hall–Kier alpha value is -2.33. The third-order valence-electron chi connectivity index (χ3n) is 3.92. The first kappa shape index (κ1) is 14.3. The average Bonchev–Trinajstić information content (AvgIpc) is 2.95. The Morgan fingerprint density at radius 1 is 1.00 bits per heavy atom. The number of para-hydroxylation sites is 1. The normalized spacial score (nSPS) is 11.4. The molecule has 3 heterocycles. The van der Waals surface area contributed by atoms with Crippen LogP contribution >= 0.6 is 11.8 Å². The number of thioether (sulfide) groups is 1. The molecule has 0 saturated carbocycles. The van der Waals surface area contributed by atoms with Gasteiger partial charge >= 0.3 is 0 Å². The first-order chi connectivity index (χ1) is 11.2. The molecular weight excluding hydrogens is 302 g/mol. The predicted molar refractivity (Wildman–Crippen MR) is 96.0 cm³/mol. The number of aryl methyl sites for hydroxylation is 2. The van der Waals surface area contributed by atoms with Gasteiger partial charge in [-0.05, 0) is 43.2 Å². The number of aromatic nitrogens is 3. The highest BCUT2D eigenvalue weighted by Gasteiger charge is 2.06. The van der Waals surface area contributed by atoms with E-state index >= 15 is 0 Å².